The zero-order valence-corrected chi connectivity index (χ0v) is 38.6. The summed E-state index contributed by atoms with van der Waals surface area (Å²) >= 11 is 0. The minimum absolute atomic E-state index is 0.142. The Morgan fingerprint density at radius 1 is 0.333 bits per heavy atom. The van der Waals surface area contributed by atoms with Gasteiger partial charge in [0.05, 0.1) is 28.1 Å². The third-order valence-electron chi connectivity index (χ3n) is 14.6. The summed E-state index contributed by atoms with van der Waals surface area (Å²) in [5.41, 5.74) is 21.4. The van der Waals surface area contributed by atoms with Crippen molar-refractivity contribution in [2.45, 2.75) is 19.3 Å². The molecule has 2 nitrogen and oxygen atoms in total. The molecule has 11 aromatic carbocycles. The molecule has 1 heterocycles. The quantitative estimate of drug-likeness (QED) is 0.148. The Labute approximate surface area is 403 Å². The second-order valence-electron chi connectivity index (χ2n) is 18.8. The molecule has 0 saturated carbocycles. The molecule has 0 saturated heterocycles. The molecule has 12 aromatic rings. The standard InChI is InChI=1S/C67H48N2/c1-67(2)58-39-14-9-33-57(58)65-54(36-22-40-59(65)67)50-30-11-17-43-62(50)69(61-42-16-10-29-49(61)53-35-20-26-46-25-19-34-48(64(46)53)45-23-5-3-6-24-45)63-44-18-13-32-52(63)56-38-21-37-55-51-31-12-15-41-60(51)68(66(55)56)47-27-7-4-8-28-47/h3-44H,1-2H3. The molecule has 69 heavy (non-hydrogen) atoms. The van der Waals surface area contributed by atoms with Crippen LogP contribution >= 0.6 is 0 Å². The van der Waals surface area contributed by atoms with E-state index in [0.29, 0.717) is 0 Å². The monoisotopic (exact) mass is 880 g/mol. The lowest BCUT2D eigenvalue weighted by Gasteiger charge is -2.32. The van der Waals surface area contributed by atoms with Crippen LogP contribution in [-0.4, -0.2) is 4.57 Å². The van der Waals surface area contributed by atoms with Crippen molar-refractivity contribution in [3.63, 3.8) is 0 Å². The van der Waals surface area contributed by atoms with Gasteiger partial charge in [0, 0.05) is 44.1 Å². The first kappa shape index (κ1) is 40.5. The first-order valence-corrected chi connectivity index (χ1v) is 24.0. The highest BCUT2D eigenvalue weighted by Gasteiger charge is 2.37. The van der Waals surface area contributed by atoms with Crippen LogP contribution in [0.4, 0.5) is 17.1 Å². The maximum atomic E-state index is 2.56. The van der Waals surface area contributed by atoms with Crippen molar-refractivity contribution < 1.29 is 0 Å². The zero-order chi connectivity index (χ0) is 46.1. The first-order chi connectivity index (χ1) is 34.1. The Morgan fingerprint density at radius 3 is 1.51 bits per heavy atom. The van der Waals surface area contributed by atoms with E-state index in [9.17, 15) is 0 Å². The van der Waals surface area contributed by atoms with Crippen molar-refractivity contribution in [3.05, 3.63) is 266 Å². The van der Waals surface area contributed by atoms with E-state index in [1.165, 1.54) is 82.6 Å². The minimum Gasteiger partial charge on any atom is -0.309 e. The van der Waals surface area contributed by atoms with E-state index in [0.717, 1.165) is 39.4 Å². The third kappa shape index (κ3) is 6.40. The van der Waals surface area contributed by atoms with Crippen molar-refractivity contribution in [1.82, 2.24) is 4.57 Å². The molecule has 0 aliphatic heterocycles. The van der Waals surface area contributed by atoms with Crippen LogP contribution in [0.25, 0.3) is 93.9 Å². The van der Waals surface area contributed by atoms with Gasteiger partial charge in [-0.05, 0) is 91.7 Å². The second kappa shape index (κ2) is 16.3. The molecule has 0 fully saturated rings. The van der Waals surface area contributed by atoms with E-state index >= 15 is 0 Å². The fraction of sp³-hybridized carbons (Fsp3) is 0.0448. The van der Waals surface area contributed by atoms with Gasteiger partial charge in [0.1, 0.15) is 0 Å². The number of hydrogen-bond acceptors (Lipinski definition) is 1. The Bertz CT molecular complexity index is 3930. The number of anilines is 3. The Kier molecular flexibility index (Phi) is 9.55. The summed E-state index contributed by atoms with van der Waals surface area (Å²) in [6.45, 7) is 4.74. The summed E-state index contributed by atoms with van der Waals surface area (Å²) in [4.78, 5) is 2.56. The maximum Gasteiger partial charge on any atom is 0.0620 e. The molecule has 1 aromatic heterocycles. The van der Waals surface area contributed by atoms with Gasteiger partial charge in [0.25, 0.3) is 0 Å². The SMILES string of the molecule is CC1(C)c2ccccc2-c2c(-c3ccccc3N(c3ccccc3-c3cccc4cccc(-c5ccccc5)c34)c3ccccc3-c3cccc4c5ccccc5n(-c5ccccc5)c34)cccc21. The van der Waals surface area contributed by atoms with Gasteiger partial charge in [-0.1, -0.05) is 232 Å². The molecular weight excluding hydrogens is 833 g/mol. The molecule has 326 valence electrons. The number of benzene rings is 11. The normalized spacial score (nSPS) is 12.6. The smallest absolute Gasteiger partial charge is 0.0620 e. The number of aromatic nitrogens is 1. The molecule has 0 bridgehead atoms. The minimum atomic E-state index is -0.142. The molecule has 0 radical (unpaired) electrons. The van der Waals surface area contributed by atoms with Crippen molar-refractivity contribution in [2.24, 2.45) is 0 Å². The number of fused-ring (bicyclic) bond motifs is 7. The van der Waals surface area contributed by atoms with Crippen LogP contribution < -0.4 is 4.90 Å². The van der Waals surface area contributed by atoms with Gasteiger partial charge in [-0.15, -0.1) is 0 Å². The number of hydrogen-bond donors (Lipinski definition) is 0. The van der Waals surface area contributed by atoms with Crippen LogP contribution in [0.2, 0.25) is 0 Å². The fourth-order valence-electron chi connectivity index (χ4n) is 11.6. The van der Waals surface area contributed by atoms with E-state index in [4.69, 9.17) is 0 Å². The number of nitrogens with zero attached hydrogens (tertiary/aromatic N) is 2. The van der Waals surface area contributed by atoms with E-state index in [2.05, 4.69) is 278 Å². The van der Waals surface area contributed by atoms with E-state index in [1.54, 1.807) is 0 Å². The average molecular weight is 881 g/mol. The van der Waals surface area contributed by atoms with Crippen LogP contribution in [-0.2, 0) is 5.41 Å². The highest BCUT2D eigenvalue weighted by molar-refractivity contribution is 6.16. The molecule has 0 amide bonds. The highest BCUT2D eigenvalue weighted by atomic mass is 15.2. The molecule has 0 N–H and O–H groups in total. The molecular formula is C67H48N2. The van der Waals surface area contributed by atoms with Gasteiger partial charge < -0.3 is 9.47 Å². The lowest BCUT2D eigenvalue weighted by atomic mass is 9.82. The maximum absolute atomic E-state index is 2.56. The van der Waals surface area contributed by atoms with E-state index in [-0.39, 0.29) is 5.41 Å². The summed E-state index contributed by atoms with van der Waals surface area (Å²) in [5, 5.41) is 4.89. The van der Waals surface area contributed by atoms with Gasteiger partial charge >= 0.3 is 0 Å². The lowest BCUT2D eigenvalue weighted by molar-refractivity contribution is 0.660. The summed E-state index contributed by atoms with van der Waals surface area (Å²) in [7, 11) is 0. The van der Waals surface area contributed by atoms with Gasteiger partial charge in [-0.3, -0.25) is 0 Å². The Hall–Kier alpha value is -8.72. The van der Waals surface area contributed by atoms with Crippen molar-refractivity contribution in [1.29, 1.82) is 0 Å². The van der Waals surface area contributed by atoms with Crippen LogP contribution in [0.1, 0.15) is 25.0 Å². The summed E-state index contributed by atoms with van der Waals surface area (Å²) in [5.74, 6) is 0. The van der Waals surface area contributed by atoms with Gasteiger partial charge in [0.2, 0.25) is 0 Å². The van der Waals surface area contributed by atoms with Crippen molar-refractivity contribution in [2.75, 3.05) is 4.90 Å². The third-order valence-corrected chi connectivity index (χ3v) is 14.6. The van der Waals surface area contributed by atoms with Gasteiger partial charge in [-0.25, -0.2) is 0 Å². The zero-order valence-electron chi connectivity index (χ0n) is 38.6. The number of para-hydroxylation sites is 6. The predicted octanol–water partition coefficient (Wildman–Crippen LogP) is 18.4. The number of rotatable bonds is 8. The largest absolute Gasteiger partial charge is 0.309 e. The molecule has 1 aliphatic carbocycles. The van der Waals surface area contributed by atoms with Gasteiger partial charge in [-0.2, -0.15) is 0 Å². The Balaban J connectivity index is 1.13. The van der Waals surface area contributed by atoms with Gasteiger partial charge in [0.15, 0.2) is 0 Å². The van der Waals surface area contributed by atoms with Crippen LogP contribution in [0.5, 0.6) is 0 Å². The molecule has 1 aliphatic rings. The van der Waals surface area contributed by atoms with Crippen molar-refractivity contribution >= 4 is 49.6 Å². The van der Waals surface area contributed by atoms with E-state index < -0.39 is 0 Å². The van der Waals surface area contributed by atoms with E-state index in [1.807, 2.05) is 0 Å². The molecule has 0 unspecified atom stereocenters. The highest BCUT2D eigenvalue weighted by Crippen LogP contribution is 2.55. The molecule has 0 spiro atoms. The van der Waals surface area contributed by atoms with Crippen molar-refractivity contribution in [3.8, 4) is 61.3 Å². The van der Waals surface area contributed by atoms with Crippen LogP contribution in [0, 0.1) is 0 Å². The van der Waals surface area contributed by atoms with Crippen LogP contribution in [0.3, 0.4) is 0 Å². The second-order valence-corrected chi connectivity index (χ2v) is 18.8. The van der Waals surface area contributed by atoms with Crippen LogP contribution in [0.15, 0.2) is 255 Å². The topological polar surface area (TPSA) is 8.17 Å². The predicted molar refractivity (Wildman–Crippen MR) is 292 cm³/mol. The first-order valence-electron chi connectivity index (χ1n) is 24.0. The average Bonchev–Trinajstić information content (AvgIpc) is 3.88. The summed E-state index contributed by atoms with van der Waals surface area (Å²) < 4.78 is 2.46. The lowest BCUT2D eigenvalue weighted by Crippen LogP contribution is -2.15. The molecule has 13 rings (SSSR count). The fourth-order valence-corrected chi connectivity index (χ4v) is 11.6. The summed E-state index contributed by atoms with van der Waals surface area (Å²) in [6, 6.07) is 93.8. The molecule has 2 heteroatoms. The summed E-state index contributed by atoms with van der Waals surface area (Å²) in [6.07, 6.45) is 0. The molecule has 0 atom stereocenters. The Morgan fingerprint density at radius 2 is 0.797 bits per heavy atom.